The van der Waals surface area contributed by atoms with Crippen LogP contribution in [0.1, 0.15) is 36.1 Å². The summed E-state index contributed by atoms with van der Waals surface area (Å²) in [6.07, 6.45) is 5.65. The largest absolute Gasteiger partial charge is 0.334 e. The Labute approximate surface area is 149 Å². The molecule has 0 atom stereocenters. The Morgan fingerprint density at radius 1 is 0.920 bits per heavy atom. The van der Waals surface area contributed by atoms with Crippen LogP contribution in [0.3, 0.4) is 0 Å². The summed E-state index contributed by atoms with van der Waals surface area (Å²) in [5.74, 6) is 0. The van der Waals surface area contributed by atoms with Gasteiger partial charge in [-0.1, -0.05) is 36.8 Å². The van der Waals surface area contributed by atoms with E-state index in [9.17, 15) is 4.79 Å². The van der Waals surface area contributed by atoms with Crippen LogP contribution < -0.4 is 10.6 Å². The molecule has 2 N–H and O–H groups in total. The zero-order chi connectivity index (χ0) is 17.3. The molecule has 0 bridgehead atoms. The van der Waals surface area contributed by atoms with Gasteiger partial charge in [0.2, 0.25) is 0 Å². The van der Waals surface area contributed by atoms with Gasteiger partial charge in [0.05, 0.1) is 12.2 Å². The number of benzene rings is 1. The van der Waals surface area contributed by atoms with Gasteiger partial charge < -0.3 is 10.6 Å². The van der Waals surface area contributed by atoms with Crippen molar-refractivity contribution in [3.05, 3.63) is 65.5 Å². The summed E-state index contributed by atoms with van der Waals surface area (Å²) in [6, 6.07) is 13.9. The average molecular weight is 338 g/mol. The number of pyridine rings is 1. The highest BCUT2D eigenvalue weighted by molar-refractivity contribution is 5.73. The maximum absolute atomic E-state index is 12.0. The molecule has 2 aromatic rings. The molecule has 2 heterocycles. The highest BCUT2D eigenvalue weighted by atomic mass is 16.2. The summed E-state index contributed by atoms with van der Waals surface area (Å²) in [4.78, 5) is 18.7. The van der Waals surface area contributed by atoms with E-state index >= 15 is 0 Å². The number of aromatic nitrogens is 1. The SMILES string of the molecule is O=C(NCc1ccccn1)NCc1ccccc1CN1CCCCC1. The van der Waals surface area contributed by atoms with Crippen molar-refractivity contribution in [1.82, 2.24) is 20.5 Å². The molecule has 25 heavy (non-hydrogen) atoms. The van der Waals surface area contributed by atoms with Crippen LogP contribution in [0.2, 0.25) is 0 Å². The summed E-state index contributed by atoms with van der Waals surface area (Å²) in [6.45, 7) is 4.28. The van der Waals surface area contributed by atoms with Crippen LogP contribution in [-0.2, 0) is 19.6 Å². The number of rotatable bonds is 6. The van der Waals surface area contributed by atoms with Gasteiger partial charge in [0.15, 0.2) is 0 Å². The van der Waals surface area contributed by atoms with E-state index in [4.69, 9.17) is 0 Å². The van der Waals surface area contributed by atoms with E-state index in [1.807, 2.05) is 24.3 Å². The van der Waals surface area contributed by atoms with Gasteiger partial charge in [-0.25, -0.2) is 4.79 Å². The predicted octanol–water partition coefficient (Wildman–Crippen LogP) is 3.07. The first-order valence-corrected chi connectivity index (χ1v) is 9.02. The van der Waals surface area contributed by atoms with Crippen molar-refractivity contribution in [3.8, 4) is 0 Å². The Balaban J connectivity index is 1.49. The first-order valence-electron chi connectivity index (χ1n) is 9.02. The minimum Gasteiger partial charge on any atom is -0.334 e. The molecule has 1 aromatic carbocycles. The predicted molar refractivity (Wildman–Crippen MR) is 98.9 cm³/mol. The van der Waals surface area contributed by atoms with Crippen molar-refractivity contribution in [3.63, 3.8) is 0 Å². The van der Waals surface area contributed by atoms with Gasteiger partial charge in [-0.3, -0.25) is 9.88 Å². The fraction of sp³-hybridized carbons (Fsp3) is 0.400. The van der Waals surface area contributed by atoms with Crippen molar-refractivity contribution >= 4 is 6.03 Å². The number of carbonyl (C=O) groups is 1. The lowest BCUT2D eigenvalue weighted by Crippen LogP contribution is -2.35. The highest BCUT2D eigenvalue weighted by Gasteiger charge is 2.12. The Kier molecular flexibility index (Phi) is 6.40. The van der Waals surface area contributed by atoms with Crippen LogP contribution in [0, 0.1) is 0 Å². The fourth-order valence-electron chi connectivity index (χ4n) is 3.15. The molecule has 0 spiro atoms. The molecule has 5 heteroatoms. The summed E-state index contributed by atoms with van der Waals surface area (Å²) in [5.41, 5.74) is 3.33. The van der Waals surface area contributed by atoms with E-state index in [-0.39, 0.29) is 6.03 Å². The Morgan fingerprint density at radius 2 is 1.64 bits per heavy atom. The van der Waals surface area contributed by atoms with Gasteiger partial charge in [0.25, 0.3) is 0 Å². The monoisotopic (exact) mass is 338 g/mol. The normalized spacial score (nSPS) is 14.9. The van der Waals surface area contributed by atoms with Crippen LogP contribution in [0.15, 0.2) is 48.7 Å². The van der Waals surface area contributed by atoms with Gasteiger partial charge in [0, 0.05) is 19.3 Å². The summed E-state index contributed by atoms with van der Waals surface area (Å²) in [7, 11) is 0. The second kappa shape index (κ2) is 9.18. The molecule has 1 saturated heterocycles. The van der Waals surface area contributed by atoms with Crippen LogP contribution in [0.4, 0.5) is 4.79 Å². The highest BCUT2D eigenvalue weighted by Crippen LogP contribution is 2.16. The van der Waals surface area contributed by atoms with Gasteiger partial charge in [-0.15, -0.1) is 0 Å². The van der Waals surface area contributed by atoms with Crippen LogP contribution in [-0.4, -0.2) is 29.0 Å². The third-order valence-corrected chi connectivity index (χ3v) is 4.56. The van der Waals surface area contributed by atoms with E-state index < -0.39 is 0 Å². The van der Waals surface area contributed by atoms with E-state index in [0.29, 0.717) is 13.1 Å². The molecular formula is C20H26N4O. The van der Waals surface area contributed by atoms with E-state index in [1.165, 1.54) is 43.5 Å². The topological polar surface area (TPSA) is 57.3 Å². The molecule has 0 saturated carbocycles. The molecule has 3 rings (SSSR count). The summed E-state index contributed by atoms with van der Waals surface area (Å²) in [5, 5.41) is 5.80. The van der Waals surface area contributed by atoms with Crippen LogP contribution in [0.25, 0.3) is 0 Å². The smallest absolute Gasteiger partial charge is 0.315 e. The first kappa shape index (κ1) is 17.4. The summed E-state index contributed by atoms with van der Waals surface area (Å²) >= 11 is 0. The minimum atomic E-state index is -0.168. The van der Waals surface area contributed by atoms with Gasteiger partial charge >= 0.3 is 6.03 Å². The van der Waals surface area contributed by atoms with Crippen molar-refractivity contribution < 1.29 is 4.79 Å². The third-order valence-electron chi connectivity index (χ3n) is 4.56. The Bertz CT molecular complexity index is 668. The lowest BCUT2D eigenvalue weighted by atomic mass is 10.0. The molecular weight excluding hydrogens is 312 g/mol. The maximum Gasteiger partial charge on any atom is 0.315 e. The number of amides is 2. The Morgan fingerprint density at radius 3 is 2.40 bits per heavy atom. The van der Waals surface area contributed by atoms with E-state index in [1.54, 1.807) is 6.20 Å². The molecule has 1 aromatic heterocycles. The number of nitrogens with one attached hydrogen (secondary N) is 2. The molecule has 0 radical (unpaired) electrons. The van der Waals surface area contributed by atoms with Gasteiger partial charge in [-0.05, 0) is 49.2 Å². The lowest BCUT2D eigenvalue weighted by Gasteiger charge is -2.27. The molecule has 0 aliphatic carbocycles. The number of likely N-dealkylation sites (tertiary alicyclic amines) is 1. The second-order valence-electron chi connectivity index (χ2n) is 6.46. The molecule has 1 aliphatic rings. The summed E-state index contributed by atoms with van der Waals surface area (Å²) < 4.78 is 0. The second-order valence-corrected chi connectivity index (χ2v) is 6.46. The molecule has 0 unspecified atom stereocenters. The Hall–Kier alpha value is -2.40. The van der Waals surface area contributed by atoms with E-state index in [0.717, 1.165) is 12.2 Å². The first-order chi connectivity index (χ1) is 12.3. The number of piperidine rings is 1. The van der Waals surface area contributed by atoms with Crippen molar-refractivity contribution in [2.45, 2.75) is 38.9 Å². The van der Waals surface area contributed by atoms with Gasteiger partial charge in [-0.2, -0.15) is 0 Å². The van der Waals surface area contributed by atoms with Crippen molar-refractivity contribution in [1.29, 1.82) is 0 Å². The number of nitrogens with zero attached hydrogens (tertiary/aromatic N) is 2. The standard InChI is InChI=1S/C20H26N4O/c25-20(23-15-19-10-4-5-11-21-19)22-14-17-8-2-3-9-18(17)16-24-12-6-1-7-13-24/h2-5,8-11H,1,6-7,12-16H2,(H2,22,23,25). The lowest BCUT2D eigenvalue weighted by molar-refractivity contribution is 0.220. The van der Waals surface area contributed by atoms with Crippen molar-refractivity contribution in [2.24, 2.45) is 0 Å². The number of hydrogen-bond acceptors (Lipinski definition) is 3. The van der Waals surface area contributed by atoms with Gasteiger partial charge in [0.1, 0.15) is 0 Å². The molecule has 1 aliphatic heterocycles. The molecule has 132 valence electrons. The number of urea groups is 1. The third kappa shape index (κ3) is 5.57. The molecule has 1 fully saturated rings. The molecule has 2 amide bonds. The van der Waals surface area contributed by atoms with Crippen LogP contribution >= 0.6 is 0 Å². The zero-order valence-electron chi connectivity index (χ0n) is 14.6. The van der Waals surface area contributed by atoms with Crippen LogP contribution in [0.5, 0.6) is 0 Å². The zero-order valence-corrected chi connectivity index (χ0v) is 14.6. The number of carbonyl (C=O) groups excluding carboxylic acids is 1. The fourth-order valence-corrected chi connectivity index (χ4v) is 3.15. The molecule has 5 nitrogen and oxygen atoms in total. The average Bonchev–Trinajstić information content (AvgIpc) is 2.67. The van der Waals surface area contributed by atoms with Crippen molar-refractivity contribution in [2.75, 3.05) is 13.1 Å². The van der Waals surface area contributed by atoms with E-state index in [2.05, 4.69) is 38.7 Å². The maximum atomic E-state index is 12.0. The quantitative estimate of drug-likeness (QED) is 0.851. The number of hydrogen-bond donors (Lipinski definition) is 2. The minimum absolute atomic E-state index is 0.168.